The standard InChI is InChI=1S/C13H10N2O2/c14-6-2-1-3-9-4-5-10-8-12(13(16)17)15-11(10)7-9/h1,3-5,7-8,15H,2H2,(H,16,17). The molecule has 4 nitrogen and oxygen atoms in total. The number of hydrogen-bond acceptors (Lipinski definition) is 2. The second kappa shape index (κ2) is 4.54. The highest BCUT2D eigenvalue weighted by molar-refractivity contribution is 5.94. The van der Waals surface area contributed by atoms with Crippen LogP contribution in [0.15, 0.2) is 30.3 Å². The molecule has 0 saturated heterocycles. The van der Waals surface area contributed by atoms with E-state index in [4.69, 9.17) is 10.4 Å². The van der Waals surface area contributed by atoms with Crippen LogP contribution in [-0.4, -0.2) is 16.1 Å². The number of aromatic carboxylic acids is 1. The number of nitriles is 1. The molecule has 0 saturated carbocycles. The van der Waals surface area contributed by atoms with Crippen LogP contribution >= 0.6 is 0 Å². The summed E-state index contributed by atoms with van der Waals surface area (Å²) in [5, 5.41) is 18.1. The molecule has 2 rings (SSSR count). The van der Waals surface area contributed by atoms with Gasteiger partial charge in [0.1, 0.15) is 5.69 Å². The number of aromatic nitrogens is 1. The van der Waals surface area contributed by atoms with Gasteiger partial charge in [0.05, 0.1) is 12.5 Å². The SMILES string of the molecule is N#CCC=Cc1ccc2cc(C(=O)O)[nH]c2c1. The van der Waals surface area contributed by atoms with Gasteiger partial charge in [0.25, 0.3) is 0 Å². The minimum absolute atomic E-state index is 0.179. The van der Waals surface area contributed by atoms with Crippen molar-refractivity contribution < 1.29 is 9.90 Å². The second-order valence-electron chi connectivity index (χ2n) is 3.60. The number of aromatic amines is 1. The highest BCUT2D eigenvalue weighted by atomic mass is 16.4. The van der Waals surface area contributed by atoms with Crippen molar-refractivity contribution in [3.63, 3.8) is 0 Å². The minimum Gasteiger partial charge on any atom is -0.477 e. The zero-order valence-electron chi connectivity index (χ0n) is 8.97. The van der Waals surface area contributed by atoms with Crippen LogP contribution in [0.5, 0.6) is 0 Å². The lowest BCUT2D eigenvalue weighted by Gasteiger charge is -1.93. The van der Waals surface area contributed by atoms with E-state index < -0.39 is 5.97 Å². The van der Waals surface area contributed by atoms with Crippen molar-refractivity contribution in [2.75, 3.05) is 0 Å². The van der Waals surface area contributed by atoms with E-state index >= 15 is 0 Å². The number of nitrogens with zero attached hydrogens (tertiary/aromatic N) is 1. The average molecular weight is 226 g/mol. The molecule has 0 spiro atoms. The highest BCUT2D eigenvalue weighted by Crippen LogP contribution is 2.18. The Morgan fingerprint density at radius 2 is 2.29 bits per heavy atom. The number of carbonyl (C=O) groups is 1. The van der Waals surface area contributed by atoms with Gasteiger partial charge in [0.2, 0.25) is 0 Å². The topological polar surface area (TPSA) is 76.9 Å². The van der Waals surface area contributed by atoms with E-state index in [-0.39, 0.29) is 5.69 Å². The number of rotatable bonds is 3. The molecule has 17 heavy (non-hydrogen) atoms. The smallest absolute Gasteiger partial charge is 0.352 e. The van der Waals surface area contributed by atoms with Crippen molar-refractivity contribution in [3.05, 3.63) is 41.6 Å². The molecule has 0 amide bonds. The summed E-state index contributed by atoms with van der Waals surface area (Å²) in [4.78, 5) is 13.6. The number of nitrogens with one attached hydrogen (secondary N) is 1. The van der Waals surface area contributed by atoms with Gasteiger partial charge in [-0.25, -0.2) is 4.79 Å². The first-order valence-electron chi connectivity index (χ1n) is 5.10. The lowest BCUT2D eigenvalue weighted by molar-refractivity contribution is 0.0691. The molecule has 0 bridgehead atoms. The van der Waals surface area contributed by atoms with Gasteiger partial charge < -0.3 is 10.1 Å². The Morgan fingerprint density at radius 1 is 1.47 bits per heavy atom. The molecule has 0 unspecified atom stereocenters. The fourth-order valence-corrected chi connectivity index (χ4v) is 1.61. The van der Waals surface area contributed by atoms with Gasteiger partial charge in [-0.15, -0.1) is 0 Å². The monoisotopic (exact) mass is 226 g/mol. The maximum atomic E-state index is 10.8. The van der Waals surface area contributed by atoms with Crippen molar-refractivity contribution in [2.24, 2.45) is 0 Å². The van der Waals surface area contributed by atoms with Gasteiger partial charge in [-0.05, 0) is 17.7 Å². The molecule has 2 aromatic rings. The summed E-state index contributed by atoms with van der Waals surface area (Å²) in [7, 11) is 0. The Hall–Kier alpha value is -2.54. The fourth-order valence-electron chi connectivity index (χ4n) is 1.61. The van der Waals surface area contributed by atoms with Crippen LogP contribution in [0.2, 0.25) is 0 Å². The number of H-pyrrole nitrogens is 1. The molecule has 0 fully saturated rings. The number of benzene rings is 1. The summed E-state index contributed by atoms with van der Waals surface area (Å²) in [5.41, 5.74) is 1.89. The van der Waals surface area contributed by atoms with E-state index in [1.54, 1.807) is 12.1 Å². The summed E-state index contributed by atoms with van der Waals surface area (Å²) >= 11 is 0. The number of carboxylic acid groups (broad SMARTS) is 1. The summed E-state index contributed by atoms with van der Waals surface area (Å²) in [6.07, 6.45) is 3.97. The van der Waals surface area contributed by atoms with Gasteiger partial charge in [0.15, 0.2) is 0 Å². The molecule has 1 aromatic heterocycles. The molecule has 2 N–H and O–H groups in total. The fraction of sp³-hybridized carbons (Fsp3) is 0.0769. The normalized spacial score (nSPS) is 10.8. The summed E-state index contributed by atoms with van der Waals surface area (Å²) in [6.45, 7) is 0. The number of hydrogen-bond donors (Lipinski definition) is 2. The van der Waals surface area contributed by atoms with E-state index in [0.717, 1.165) is 16.5 Å². The predicted molar refractivity (Wildman–Crippen MR) is 64.5 cm³/mol. The molecule has 84 valence electrons. The van der Waals surface area contributed by atoms with Gasteiger partial charge in [0, 0.05) is 10.9 Å². The first kappa shape index (κ1) is 11.0. The molecule has 0 radical (unpaired) electrons. The van der Waals surface area contributed by atoms with E-state index in [1.165, 1.54) is 0 Å². The number of carboxylic acids is 1. The molecule has 0 aliphatic heterocycles. The molecule has 0 aliphatic carbocycles. The Labute approximate surface area is 97.8 Å². The molecular formula is C13H10N2O2. The lowest BCUT2D eigenvalue weighted by Crippen LogP contribution is -1.94. The Balaban J connectivity index is 2.37. The number of allylic oxidation sites excluding steroid dienone is 1. The third kappa shape index (κ3) is 2.34. The van der Waals surface area contributed by atoms with E-state index in [2.05, 4.69) is 4.98 Å². The maximum absolute atomic E-state index is 10.8. The van der Waals surface area contributed by atoms with Crippen molar-refractivity contribution in [1.82, 2.24) is 4.98 Å². The molecular weight excluding hydrogens is 216 g/mol. The Morgan fingerprint density at radius 3 is 3.00 bits per heavy atom. The van der Waals surface area contributed by atoms with Crippen molar-refractivity contribution in [2.45, 2.75) is 6.42 Å². The summed E-state index contributed by atoms with van der Waals surface area (Å²) < 4.78 is 0. The zero-order chi connectivity index (χ0) is 12.3. The van der Waals surface area contributed by atoms with E-state index in [9.17, 15) is 4.79 Å². The Bertz CT molecular complexity index is 632. The van der Waals surface area contributed by atoms with Crippen LogP contribution in [0.4, 0.5) is 0 Å². The number of fused-ring (bicyclic) bond motifs is 1. The highest BCUT2D eigenvalue weighted by Gasteiger charge is 2.06. The van der Waals surface area contributed by atoms with Crippen LogP contribution in [-0.2, 0) is 0 Å². The molecule has 0 aliphatic rings. The van der Waals surface area contributed by atoms with Crippen LogP contribution in [0, 0.1) is 11.3 Å². The van der Waals surface area contributed by atoms with Crippen LogP contribution < -0.4 is 0 Å². The minimum atomic E-state index is -0.970. The zero-order valence-corrected chi connectivity index (χ0v) is 8.97. The van der Waals surface area contributed by atoms with Gasteiger partial charge in [-0.2, -0.15) is 5.26 Å². The van der Waals surface area contributed by atoms with Crippen LogP contribution in [0.1, 0.15) is 22.5 Å². The summed E-state index contributed by atoms with van der Waals surface area (Å²) in [6, 6.07) is 9.21. The summed E-state index contributed by atoms with van der Waals surface area (Å²) in [5.74, 6) is -0.970. The third-order valence-corrected chi connectivity index (χ3v) is 2.40. The van der Waals surface area contributed by atoms with Crippen LogP contribution in [0.3, 0.4) is 0 Å². The predicted octanol–water partition coefficient (Wildman–Crippen LogP) is 2.79. The first-order valence-corrected chi connectivity index (χ1v) is 5.10. The van der Waals surface area contributed by atoms with Gasteiger partial charge in [-0.1, -0.05) is 24.3 Å². The third-order valence-electron chi connectivity index (χ3n) is 2.40. The maximum Gasteiger partial charge on any atom is 0.352 e. The van der Waals surface area contributed by atoms with E-state index in [0.29, 0.717) is 6.42 Å². The van der Waals surface area contributed by atoms with E-state index in [1.807, 2.05) is 30.3 Å². The van der Waals surface area contributed by atoms with Crippen molar-refractivity contribution >= 4 is 22.9 Å². The average Bonchev–Trinajstić information content (AvgIpc) is 2.72. The van der Waals surface area contributed by atoms with Gasteiger partial charge >= 0.3 is 5.97 Å². The quantitative estimate of drug-likeness (QED) is 0.844. The largest absolute Gasteiger partial charge is 0.477 e. The molecule has 1 heterocycles. The first-order chi connectivity index (χ1) is 8.20. The molecule has 4 heteroatoms. The molecule has 1 aromatic carbocycles. The van der Waals surface area contributed by atoms with Crippen LogP contribution in [0.25, 0.3) is 17.0 Å². The second-order valence-corrected chi connectivity index (χ2v) is 3.60. The van der Waals surface area contributed by atoms with Crippen molar-refractivity contribution in [1.29, 1.82) is 5.26 Å². The Kier molecular flexibility index (Phi) is 2.93. The lowest BCUT2D eigenvalue weighted by atomic mass is 10.1. The van der Waals surface area contributed by atoms with Crippen molar-refractivity contribution in [3.8, 4) is 6.07 Å². The molecule has 0 atom stereocenters. The van der Waals surface area contributed by atoms with Gasteiger partial charge in [-0.3, -0.25) is 0 Å².